The summed E-state index contributed by atoms with van der Waals surface area (Å²) >= 11 is 2.36. The van der Waals surface area contributed by atoms with Gasteiger partial charge in [0.25, 0.3) is 0 Å². The predicted octanol–water partition coefficient (Wildman–Crippen LogP) is 2.15. The van der Waals surface area contributed by atoms with Crippen molar-refractivity contribution in [2.75, 3.05) is 0 Å². The molecule has 1 nitrogen and oxygen atoms in total. The molecule has 0 amide bonds. The van der Waals surface area contributed by atoms with Crippen LogP contribution >= 0.6 is 22.6 Å². The van der Waals surface area contributed by atoms with E-state index in [-0.39, 0.29) is 3.42 Å². The number of hydrogen-bond acceptors (Lipinski definition) is 1. The lowest BCUT2D eigenvalue weighted by atomic mass is 10.1. The lowest BCUT2D eigenvalue weighted by Gasteiger charge is -2.09. The van der Waals surface area contributed by atoms with Gasteiger partial charge in [0, 0.05) is 5.70 Å². The van der Waals surface area contributed by atoms with Crippen molar-refractivity contribution < 1.29 is 0 Å². The van der Waals surface area contributed by atoms with Crippen molar-refractivity contribution in [3.05, 3.63) is 36.1 Å². The normalized spacial score (nSPS) is 31.6. The van der Waals surface area contributed by atoms with E-state index in [0.29, 0.717) is 0 Å². The Bertz CT molecular complexity index is 211. The third-order valence-corrected chi connectivity index (χ3v) is 2.03. The van der Waals surface area contributed by atoms with Crippen LogP contribution in [0.4, 0.5) is 0 Å². The zero-order valence-corrected chi connectivity index (χ0v) is 8.00. The number of halogens is 1. The Labute approximate surface area is 74.8 Å². The van der Waals surface area contributed by atoms with Crippen LogP contribution in [0.25, 0.3) is 0 Å². The standard InChI is InChI=1S/C8H10IN/c1-8(9)5-2-3-7(10)4-6-8/h2-6H,10H2,1H3. The average molecular weight is 247 g/mol. The molecule has 1 aliphatic carbocycles. The molecule has 2 N–H and O–H groups in total. The van der Waals surface area contributed by atoms with Gasteiger partial charge in [-0.15, -0.1) is 0 Å². The number of hydrogen-bond donors (Lipinski definition) is 1. The van der Waals surface area contributed by atoms with Gasteiger partial charge in [-0.05, 0) is 19.1 Å². The van der Waals surface area contributed by atoms with Crippen molar-refractivity contribution in [2.24, 2.45) is 5.73 Å². The molecule has 0 radical (unpaired) electrons. The quantitative estimate of drug-likeness (QED) is 0.515. The SMILES string of the molecule is CC1(I)C=CC=C(N)C=C1. The lowest BCUT2D eigenvalue weighted by Crippen LogP contribution is -2.05. The number of nitrogens with two attached hydrogens (primary N) is 1. The van der Waals surface area contributed by atoms with E-state index in [0.717, 1.165) is 5.70 Å². The summed E-state index contributed by atoms with van der Waals surface area (Å²) in [5, 5.41) is 0. The second-order valence-electron chi connectivity index (χ2n) is 2.51. The van der Waals surface area contributed by atoms with Gasteiger partial charge in [-0.25, -0.2) is 0 Å². The molecule has 0 fully saturated rings. The molecule has 0 bridgehead atoms. The number of alkyl halides is 1. The molecule has 0 saturated carbocycles. The molecule has 54 valence electrons. The maximum Gasteiger partial charge on any atom is 0.0559 e. The second kappa shape index (κ2) is 2.78. The minimum atomic E-state index is 0.120. The fourth-order valence-corrected chi connectivity index (χ4v) is 1.11. The molecule has 0 heterocycles. The van der Waals surface area contributed by atoms with E-state index in [2.05, 4.69) is 41.7 Å². The highest BCUT2D eigenvalue weighted by atomic mass is 127. The van der Waals surface area contributed by atoms with Crippen LogP contribution in [0.15, 0.2) is 36.1 Å². The maximum atomic E-state index is 5.58. The molecule has 1 rings (SSSR count). The molecule has 0 aliphatic heterocycles. The number of allylic oxidation sites excluding steroid dienone is 5. The molecular weight excluding hydrogens is 237 g/mol. The Morgan fingerprint density at radius 1 is 1.50 bits per heavy atom. The van der Waals surface area contributed by atoms with Gasteiger partial charge >= 0.3 is 0 Å². The van der Waals surface area contributed by atoms with Crippen molar-refractivity contribution in [2.45, 2.75) is 10.3 Å². The second-order valence-corrected chi connectivity index (χ2v) is 4.83. The molecule has 1 unspecified atom stereocenters. The van der Waals surface area contributed by atoms with Crippen molar-refractivity contribution in [3.63, 3.8) is 0 Å². The zero-order valence-electron chi connectivity index (χ0n) is 5.84. The van der Waals surface area contributed by atoms with Crippen LogP contribution in [-0.4, -0.2) is 3.42 Å². The van der Waals surface area contributed by atoms with Crippen molar-refractivity contribution >= 4 is 22.6 Å². The molecular formula is C8H10IN. The molecule has 0 saturated heterocycles. The van der Waals surface area contributed by atoms with Crippen LogP contribution in [0.5, 0.6) is 0 Å². The van der Waals surface area contributed by atoms with Gasteiger partial charge in [0.15, 0.2) is 0 Å². The zero-order chi connectivity index (χ0) is 7.61. The largest absolute Gasteiger partial charge is 0.399 e. The van der Waals surface area contributed by atoms with Crippen molar-refractivity contribution in [3.8, 4) is 0 Å². The summed E-state index contributed by atoms with van der Waals surface area (Å²) < 4.78 is 0.120. The Kier molecular flexibility index (Phi) is 2.18. The fourth-order valence-electron chi connectivity index (χ4n) is 0.718. The van der Waals surface area contributed by atoms with Crippen molar-refractivity contribution in [1.29, 1.82) is 0 Å². The van der Waals surface area contributed by atoms with Gasteiger partial charge in [0.05, 0.1) is 3.42 Å². The average Bonchev–Trinajstić information content (AvgIpc) is 1.94. The first-order valence-electron chi connectivity index (χ1n) is 3.13. The molecule has 2 heteroatoms. The van der Waals surface area contributed by atoms with Crippen LogP contribution < -0.4 is 5.73 Å². The third-order valence-electron chi connectivity index (χ3n) is 1.31. The lowest BCUT2D eigenvalue weighted by molar-refractivity contribution is 1.06. The van der Waals surface area contributed by atoms with Gasteiger partial charge in [0.2, 0.25) is 0 Å². The highest BCUT2D eigenvalue weighted by molar-refractivity contribution is 14.1. The highest BCUT2D eigenvalue weighted by Crippen LogP contribution is 2.23. The summed E-state index contributed by atoms with van der Waals surface area (Å²) in [6.07, 6.45) is 10.0. The molecule has 0 aromatic heterocycles. The Morgan fingerprint density at radius 2 is 2.20 bits per heavy atom. The highest BCUT2D eigenvalue weighted by Gasteiger charge is 2.11. The Hall–Kier alpha value is -0.250. The predicted molar refractivity (Wildman–Crippen MR) is 53.0 cm³/mol. The molecule has 1 atom stereocenters. The van der Waals surface area contributed by atoms with Crippen LogP contribution in [0.2, 0.25) is 0 Å². The summed E-state index contributed by atoms with van der Waals surface area (Å²) in [6, 6.07) is 0. The topological polar surface area (TPSA) is 26.0 Å². The molecule has 0 aromatic carbocycles. The first-order valence-corrected chi connectivity index (χ1v) is 4.21. The first kappa shape index (κ1) is 7.85. The van der Waals surface area contributed by atoms with Gasteiger partial charge in [-0.3, -0.25) is 0 Å². The molecule has 10 heavy (non-hydrogen) atoms. The van der Waals surface area contributed by atoms with Gasteiger partial charge in [-0.2, -0.15) is 0 Å². The summed E-state index contributed by atoms with van der Waals surface area (Å²) in [7, 11) is 0. The maximum absolute atomic E-state index is 5.58. The minimum absolute atomic E-state index is 0.120. The third kappa shape index (κ3) is 2.17. The molecule has 0 aromatic rings. The van der Waals surface area contributed by atoms with Crippen LogP contribution in [0.3, 0.4) is 0 Å². The monoisotopic (exact) mass is 247 g/mol. The van der Waals surface area contributed by atoms with E-state index in [1.165, 1.54) is 0 Å². The van der Waals surface area contributed by atoms with Gasteiger partial charge in [0.1, 0.15) is 0 Å². The molecule has 1 aliphatic rings. The van der Waals surface area contributed by atoms with E-state index < -0.39 is 0 Å². The van der Waals surface area contributed by atoms with Crippen LogP contribution in [0.1, 0.15) is 6.92 Å². The first-order chi connectivity index (χ1) is 4.60. The van der Waals surface area contributed by atoms with Crippen LogP contribution in [0, 0.1) is 0 Å². The van der Waals surface area contributed by atoms with Gasteiger partial charge < -0.3 is 5.73 Å². The van der Waals surface area contributed by atoms with E-state index in [1.807, 2.05) is 18.2 Å². The fraction of sp³-hybridized carbons (Fsp3) is 0.250. The van der Waals surface area contributed by atoms with Gasteiger partial charge in [-0.1, -0.05) is 40.8 Å². The number of rotatable bonds is 0. The summed E-state index contributed by atoms with van der Waals surface area (Å²) in [5.74, 6) is 0. The summed E-state index contributed by atoms with van der Waals surface area (Å²) in [5.41, 5.74) is 6.39. The minimum Gasteiger partial charge on any atom is -0.399 e. The smallest absolute Gasteiger partial charge is 0.0559 e. The molecule has 0 spiro atoms. The van der Waals surface area contributed by atoms with E-state index in [4.69, 9.17) is 5.73 Å². The summed E-state index contributed by atoms with van der Waals surface area (Å²) in [4.78, 5) is 0. The van der Waals surface area contributed by atoms with Crippen molar-refractivity contribution in [1.82, 2.24) is 0 Å². The Morgan fingerprint density at radius 3 is 2.90 bits per heavy atom. The Balaban J connectivity index is 2.88. The van der Waals surface area contributed by atoms with Crippen LogP contribution in [-0.2, 0) is 0 Å². The summed E-state index contributed by atoms with van der Waals surface area (Å²) in [6.45, 7) is 2.13. The van der Waals surface area contributed by atoms with E-state index in [9.17, 15) is 0 Å². The van der Waals surface area contributed by atoms with E-state index in [1.54, 1.807) is 0 Å². The van der Waals surface area contributed by atoms with E-state index >= 15 is 0 Å².